The molecule has 1 saturated heterocycles. The number of nitrogens with zero attached hydrogens (tertiary/aromatic N) is 2. The number of benzene rings is 2. The topological polar surface area (TPSA) is 104 Å². The summed E-state index contributed by atoms with van der Waals surface area (Å²) in [5.41, 5.74) is 4.07. The summed E-state index contributed by atoms with van der Waals surface area (Å²) in [6.45, 7) is 4.76. The van der Waals surface area contributed by atoms with E-state index in [1.54, 1.807) is 35.5 Å². The zero-order valence-electron chi connectivity index (χ0n) is 17.8. The molecule has 2 N–H and O–H groups in total. The second kappa shape index (κ2) is 8.32. The van der Waals surface area contributed by atoms with Crippen molar-refractivity contribution in [3.63, 3.8) is 0 Å². The predicted octanol–water partition coefficient (Wildman–Crippen LogP) is 2.77. The van der Waals surface area contributed by atoms with Crippen LogP contribution in [-0.4, -0.2) is 55.4 Å². The number of nitrogens with one attached hydrogen (secondary N) is 2. The van der Waals surface area contributed by atoms with Crippen LogP contribution >= 0.6 is 0 Å². The number of hydrogen-bond acceptors (Lipinski definition) is 5. The molecule has 164 valence electrons. The third-order valence-electron chi connectivity index (χ3n) is 5.84. The number of methoxy groups -OCH3 is 1. The molecular formula is C22H26N4O4S. The van der Waals surface area contributed by atoms with Gasteiger partial charge in [-0.1, -0.05) is 0 Å². The lowest BCUT2D eigenvalue weighted by molar-refractivity contribution is 0.0711. The van der Waals surface area contributed by atoms with Gasteiger partial charge in [0.05, 0.1) is 24.5 Å². The van der Waals surface area contributed by atoms with E-state index in [9.17, 15) is 13.2 Å². The van der Waals surface area contributed by atoms with Gasteiger partial charge < -0.3 is 14.6 Å². The second-order valence-electron chi connectivity index (χ2n) is 7.91. The number of sulfonamides is 1. The Hall–Kier alpha value is -2.91. The molecule has 1 aliphatic heterocycles. The maximum Gasteiger partial charge on any atom is 0.253 e. The van der Waals surface area contributed by atoms with Crippen molar-refractivity contribution in [2.24, 2.45) is 0 Å². The van der Waals surface area contributed by atoms with Gasteiger partial charge >= 0.3 is 0 Å². The highest BCUT2D eigenvalue weighted by atomic mass is 32.2. The molecule has 1 aliphatic rings. The average molecular weight is 443 g/mol. The Morgan fingerprint density at radius 1 is 1.16 bits per heavy atom. The molecule has 9 heteroatoms. The fourth-order valence-corrected chi connectivity index (χ4v) is 5.41. The second-order valence-corrected chi connectivity index (χ2v) is 9.59. The van der Waals surface area contributed by atoms with Crippen molar-refractivity contribution in [2.75, 3.05) is 20.2 Å². The van der Waals surface area contributed by atoms with Gasteiger partial charge in [-0.3, -0.25) is 4.79 Å². The maximum absolute atomic E-state index is 13.0. The number of ether oxygens (including phenoxy) is 1. The Balaban J connectivity index is 1.43. The standard InChI is InChI=1S/C22H26N4O4S/c1-14-10-20(30-3)21(11-15(14)2)31(28,29)25-17-6-8-26(9-7-17)22(27)16-4-5-18-19(12-16)24-13-23-18/h4-5,10-13,17,25H,6-9H2,1-3H3,(H,23,24). The summed E-state index contributed by atoms with van der Waals surface area (Å²) in [5, 5.41) is 0. The van der Waals surface area contributed by atoms with E-state index >= 15 is 0 Å². The largest absolute Gasteiger partial charge is 0.495 e. The van der Waals surface area contributed by atoms with E-state index in [-0.39, 0.29) is 16.8 Å². The maximum atomic E-state index is 13.0. The first-order valence-corrected chi connectivity index (χ1v) is 11.7. The van der Waals surface area contributed by atoms with Gasteiger partial charge in [0.25, 0.3) is 5.91 Å². The number of imidazole rings is 1. The molecule has 1 amide bonds. The summed E-state index contributed by atoms with van der Waals surface area (Å²) in [7, 11) is -2.27. The van der Waals surface area contributed by atoms with Crippen molar-refractivity contribution < 1.29 is 17.9 Å². The summed E-state index contributed by atoms with van der Waals surface area (Å²) in [4.78, 5) is 22.0. The van der Waals surface area contributed by atoms with E-state index in [0.717, 1.165) is 22.2 Å². The number of rotatable bonds is 5. The normalized spacial score (nSPS) is 15.4. The molecule has 1 aromatic heterocycles. The molecule has 0 saturated carbocycles. The van der Waals surface area contributed by atoms with Crippen molar-refractivity contribution in [1.29, 1.82) is 0 Å². The molecule has 0 aliphatic carbocycles. The lowest BCUT2D eigenvalue weighted by Gasteiger charge is -2.32. The Labute approximate surface area is 181 Å². The Kier molecular flexibility index (Phi) is 5.72. The van der Waals surface area contributed by atoms with E-state index in [4.69, 9.17) is 4.74 Å². The lowest BCUT2D eigenvalue weighted by Crippen LogP contribution is -2.46. The smallest absolute Gasteiger partial charge is 0.253 e. The summed E-state index contributed by atoms with van der Waals surface area (Å²) in [6.07, 6.45) is 2.69. The quantitative estimate of drug-likeness (QED) is 0.632. The van der Waals surface area contributed by atoms with Crippen LogP contribution in [-0.2, 0) is 10.0 Å². The van der Waals surface area contributed by atoms with Gasteiger partial charge in [0.2, 0.25) is 10.0 Å². The van der Waals surface area contributed by atoms with E-state index in [0.29, 0.717) is 37.2 Å². The van der Waals surface area contributed by atoms with Crippen molar-refractivity contribution >= 4 is 27.0 Å². The Morgan fingerprint density at radius 3 is 2.58 bits per heavy atom. The number of likely N-dealkylation sites (tertiary alicyclic amines) is 1. The molecule has 0 spiro atoms. The molecule has 1 fully saturated rings. The molecule has 8 nitrogen and oxygen atoms in total. The van der Waals surface area contributed by atoms with Gasteiger partial charge in [-0.05, 0) is 68.1 Å². The first kappa shape index (κ1) is 21.3. The zero-order valence-corrected chi connectivity index (χ0v) is 18.6. The number of aromatic nitrogens is 2. The highest BCUT2D eigenvalue weighted by Crippen LogP contribution is 2.28. The number of fused-ring (bicyclic) bond motifs is 1. The van der Waals surface area contributed by atoms with Gasteiger partial charge in [0.15, 0.2) is 0 Å². The van der Waals surface area contributed by atoms with Crippen molar-refractivity contribution in [3.05, 3.63) is 53.3 Å². The fraction of sp³-hybridized carbons (Fsp3) is 0.364. The van der Waals surface area contributed by atoms with Crippen LogP contribution in [0.25, 0.3) is 11.0 Å². The van der Waals surface area contributed by atoms with E-state index in [1.165, 1.54) is 7.11 Å². The van der Waals surface area contributed by atoms with Crippen molar-refractivity contribution in [1.82, 2.24) is 19.6 Å². The van der Waals surface area contributed by atoms with E-state index < -0.39 is 10.0 Å². The van der Waals surface area contributed by atoms with Crippen LogP contribution in [0.1, 0.15) is 34.3 Å². The number of H-pyrrole nitrogens is 1. The molecule has 0 unspecified atom stereocenters. The third-order valence-corrected chi connectivity index (χ3v) is 7.38. The molecule has 2 aromatic carbocycles. The van der Waals surface area contributed by atoms with Gasteiger partial charge in [-0.25, -0.2) is 18.1 Å². The summed E-state index contributed by atoms with van der Waals surface area (Å²) in [6, 6.07) is 8.52. The molecule has 3 aromatic rings. The minimum absolute atomic E-state index is 0.0614. The first-order valence-electron chi connectivity index (χ1n) is 10.2. The molecule has 0 bridgehead atoms. The van der Waals surface area contributed by atoms with Crippen LogP contribution in [0.2, 0.25) is 0 Å². The van der Waals surface area contributed by atoms with Crippen LogP contribution in [0, 0.1) is 13.8 Å². The number of aryl methyl sites for hydroxylation is 2. The van der Waals surface area contributed by atoms with Gasteiger partial charge in [0, 0.05) is 24.7 Å². The number of aromatic amines is 1. The monoisotopic (exact) mass is 442 g/mol. The molecular weight excluding hydrogens is 416 g/mol. The molecule has 2 heterocycles. The molecule has 0 radical (unpaired) electrons. The van der Waals surface area contributed by atoms with Gasteiger partial charge in [0.1, 0.15) is 10.6 Å². The van der Waals surface area contributed by atoms with Gasteiger partial charge in [-0.15, -0.1) is 0 Å². The average Bonchev–Trinajstić information content (AvgIpc) is 3.23. The first-order chi connectivity index (χ1) is 14.8. The van der Waals surface area contributed by atoms with Crippen LogP contribution in [0.3, 0.4) is 0 Å². The summed E-state index contributed by atoms with van der Waals surface area (Å²) < 4.78 is 34.1. The van der Waals surface area contributed by atoms with Crippen LogP contribution in [0.15, 0.2) is 41.6 Å². The zero-order chi connectivity index (χ0) is 22.2. The number of carbonyl (C=O) groups is 1. The van der Waals surface area contributed by atoms with E-state index in [1.807, 2.05) is 19.9 Å². The SMILES string of the molecule is COc1cc(C)c(C)cc1S(=O)(=O)NC1CCN(C(=O)c2ccc3nc[nH]c3c2)CC1. The summed E-state index contributed by atoms with van der Waals surface area (Å²) >= 11 is 0. The predicted molar refractivity (Wildman–Crippen MR) is 118 cm³/mol. The lowest BCUT2D eigenvalue weighted by atomic mass is 10.0. The highest BCUT2D eigenvalue weighted by Gasteiger charge is 2.29. The number of piperidine rings is 1. The Morgan fingerprint density at radius 2 is 1.87 bits per heavy atom. The summed E-state index contributed by atoms with van der Waals surface area (Å²) in [5.74, 6) is 0.269. The number of hydrogen-bond donors (Lipinski definition) is 2. The van der Waals surface area contributed by atoms with Crippen LogP contribution in [0.4, 0.5) is 0 Å². The molecule has 4 rings (SSSR count). The van der Waals surface area contributed by atoms with Crippen molar-refractivity contribution in [3.8, 4) is 5.75 Å². The number of carbonyl (C=O) groups excluding carboxylic acids is 1. The minimum atomic E-state index is -3.74. The molecule has 0 atom stereocenters. The fourth-order valence-electron chi connectivity index (χ4n) is 3.87. The third kappa shape index (κ3) is 4.28. The van der Waals surface area contributed by atoms with Crippen molar-refractivity contribution in [2.45, 2.75) is 37.6 Å². The highest BCUT2D eigenvalue weighted by molar-refractivity contribution is 7.89. The number of amides is 1. The van der Waals surface area contributed by atoms with Crippen LogP contribution < -0.4 is 9.46 Å². The Bertz CT molecular complexity index is 1230. The van der Waals surface area contributed by atoms with E-state index in [2.05, 4.69) is 14.7 Å². The molecule has 31 heavy (non-hydrogen) atoms. The van der Waals surface area contributed by atoms with Gasteiger partial charge in [-0.2, -0.15) is 0 Å². The minimum Gasteiger partial charge on any atom is -0.495 e. The van der Waals surface area contributed by atoms with Crippen LogP contribution in [0.5, 0.6) is 5.75 Å².